The van der Waals surface area contributed by atoms with Crippen LogP contribution >= 0.6 is 11.6 Å². The van der Waals surface area contributed by atoms with Crippen LogP contribution in [0.3, 0.4) is 0 Å². The minimum Gasteiger partial charge on any atom is -0.492 e. The first-order chi connectivity index (χ1) is 10.1. The fourth-order valence-electron chi connectivity index (χ4n) is 2.44. The summed E-state index contributed by atoms with van der Waals surface area (Å²) in [5.74, 6) is 1.85. The van der Waals surface area contributed by atoms with Crippen molar-refractivity contribution < 1.29 is 4.74 Å². The number of ether oxygens (including phenoxy) is 1. The lowest BCUT2D eigenvalue weighted by atomic mass is 10.2. The predicted octanol–water partition coefficient (Wildman–Crippen LogP) is 4.39. The van der Waals surface area contributed by atoms with Crippen molar-refractivity contribution in [1.82, 2.24) is 9.55 Å². The molecular weight excluding hydrogens is 284 g/mol. The van der Waals surface area contributed by atoms with Crippen LogP contribution in [0.4, 0.5) is 0 Å². The number of fused-ring (bicyclic) bond motifs is 1. The Morgan fingerprint density at radius 3 is 2.76 bits per heavy atom. The summed E-state index contributed by atoms with van der Waals surface area (Å²) in [5.41, 5.74) is 3.20. The van der Waals surface area contributed by atoms with Gasteiger partial charge >= 0.3 is 0 Å². The van der Waals surface area contributed by atoms with Gasteiger partial charge in [0, 0.05) is 5.02 Å². The Morgan fingerprint density at radius 2 is 1.95 bits per heavy atom. The molecule has 0 saturated carbocycles. The summed E-state index contributed by atoms with van der Waals surface area (Å²) < 4.78 is 7.99. The summed E-state index contributed by atoms with van der Waals surface area (Å²) in [4.78, 5) is 4.55. The third-order valence-corrected chi connectivity index (χ3v) is 3.98. The van der Waals surface area contributed by atoms with E-state index in [2.05, 4.69) is 15.6 Å². The molecule has 3 aromatic rings. The van der Waals surface area contributed by atoms with Gasteiger partial charge in [-0.2, -0.15) is 0 Å². The number of para-hydroxylation sites is 2. The van der Waals surface area contributed by atoms with E-state index in [0.29, 0.717) is 6.61 Å². The van der Waals surface area contributed by atoms with E-state index in [0.717, 1.165) is 39.7 Å². The highest BCUT2D eigenvalue weighted by molar-refractivity contribution is 6.31. The molecule has 0 aliphatic carbocycles. The average molecular weight is 301 g/mol. The quantitative estimate of drug-likeness (QED) is 0.714. The van der Waals surface area contributed by atoms with E-state index in [-0.39, 0.29) is 0 Å². The van der Waals surface area contributed by atoms with Gasteiger partial charge in [-0.15, -0.1) is 0 Å². The van der Waals surface area contributed by atoms with E-state index in [1.807, 2.05) is 50.2 Å². The Labute approximate surface area is 129 Å². The van der Waals surface area contributed by atoms with Crippen molar-refractivity contribution in [3.05, 3.63) is 58.9 Å². The van der Waals surface area contributed by atoms with E-state index in [9.17, 15) is 0 Å². The van der Waals surface area contributed by atoms with Gasteiger partial charge in [0.25, 0.3) is 0 Å². The van der Waals surface area contributed by atoms with E-state index in [4.69, 9.17) is 16.3 Å². The molecule has 0 radical (unpaired) electrons. The van der Waals surface area contributed by atoms with Crippen molar-refractivity contribution in [3.8, 4) is 5.75 Å². The molecule has 21 heavy (non-hydrogen) atoms. The van der Waals surface area contributed by atoms with Crippen LogP contribution < -0.4 is 4.74 Å². The van der Waals surface area contributed by atoms with Gasteiger partial charge in [0.2, 0.25) is 0 Å². The molecule has 2 aromatic carbocycles. The Kier molecular flexibility index (Phi) is 3.84. The first kappa shape index (κ1) is 14.0. The Balaban J connectivity index is 1.72. The summed E-state index contributed by atoms with van der Waals surface area (Å²) in [5, 5.41) is 0.763. The Morgan fingerprint density at radius 1 is 1.14 bits per heavy atom. The zero-order chi connectivity index (χ0) is 14.8. The number of aryl methyl sites for hydroxylation is 2. The smallest absolute Gasteiger partial charge is 0.119 e. The molecule has 0 atom stereocenters. The SMILES string of the molecule is Cc1cc(OCCn2c(C)nc3ccccc32)ccc1Cl. The highest BCUT2D eigenvalue weighted by Crippen LogP contribution is 2.21. The summed E-state index contributed by atoms with van der Waals surface area (Å²) in [6.45, 7) is 5.37. The molecule has 0 N–H and O–H groups in total. The van der Waals surface area contributed by atoms with Gasteiger partial charge < -0.3 is 9.30 Å². The van der Waals surface area contributed by atoms with E-state index >= 15 is 0 Å². The fraction of sp³-hybridized carbons (Fsp3) is 0.235. The molecule has 0 saturated heterocycles. The van der Waals surface area contributed by atoms with Crippen molar-refractivity contribution in [2.45, 2.75) is 20.4 Å². The van der Waals surface area contributed by atoms with Crippen LogP contribution in [-0.2, 0) is 6.54 Å². The molecule has 0 aliphatic rings. The number of imidazole rings is 1. The molecule has 0 spiro atoms. The lowest BCUT2D eigenvalue weighted by Crippen LogP contribution is -2.09. The molecule has 1 heterocycles. The molecule has 4 heteroatoms. The highest BCUT2D eigenvalue weighted by Gasteiger charge is 2.06. The number of rotatable bonds is 4. The van der Waals surface area contributed by atoms with Crippen LogP contribution in [0.5, 0.6) is 5.75 Å². The van der Waals surface area contributed by atoms with Gasteiger partial charge in [-0.05, 0) is 49.7 Å². The normalized spacial score (nSPS) is 11.0. The molecule has 0 amide bonds. The molecule has 0 aliphatic heterocycles. The van der Waals surface area contributed by atoms with Gasteiger partial charge in [-0.3, -0.25) is 0 Å². The minimum atomic E-state index is 0.599. The van der Waals surface area contributed by atoms with Gasteiger partial charge in [-0.25, -0.2) is 4.98 Å². The largest absolute Gasteiger partial charge is 0.492 e. The number of nitrogens with zero attached hydrogens (tertiary/aromatic N) is 2. The Bertz CT molecular complexity index is 780. The standard InChI is InChI=1S/C17H17ClN2O/c1-12-11-14(7-8-15(12)18)21-10-9-20-13(2)19-16-5-3-4-6-17(16)20/h3-8,11H,9-10H2,1-2H3. The third kappa shape index (κ3) is 2.88. The summed E-state index contributed by atoms with van der Waals surface area (Å²) in [6, 6.07) is 13.9. The first-order valence-corrected chi connectivity index (χ1v) is 7.34. The van der Waals surface area contributed by atoms with Crippen molar-refractivity contribution >= 4 is 22.6 Å². The van der Waals surface area contributed by atoms with E-state index in [1.54, 1.807) is 0 Å². The molecular formula is C17H17ClN2O. The van der Waals surface area contributed by atoms with Gasteiger partial charge in [0.05, 0.1) is 17.6 Å². The summed E-state index contributed by atoms with van der Waals surface area (Å²) in [7, 11) is 0. The van der Waals surface area contributed by atoms with Gasteiger partial charge in [0.15, 0.2) is 0 Å². The summed E-state index contributed by atoms with van der Waals surface area (Å²) in [6.07, 6.45) is 0. The molecule has 0 fully saturated rings. The van der Waals surface area contributed by atoms with E-state index in [1.165, 1.54) is 0 Å². The second-order valence-corrected chi connectivity index (χ2v) is 5.47. The summed E-state index contributed by atoms with van der Waals surface area (Å²) >= 11 is 6.01. The zero-order valence-corrected chi connectivity index (χ0v) is 12.9. The molecule has 3 rings (SSSR count). The molecule has 1 aromatic heterocycles. The topological polar surface area (TPSA) is 27.1 Å². The van der Waals surface area contributed by atoms with Crippen molar-refractivity contribution in [3.63, 3.8) is 0 Å². The molecule has 0 unspecified atom stereocenters. The fourth-order valence-corrected chi connectivity index (χ4v) is 2.56. The maximum Gasteiger partial charge on any atom is 0.119 e. The van der Waals surface area contributed by atoms with Crippen molar-refractivity contribution in [2.24, 2.45) is 0 Å². The number of hydrogen-bond acceptors (Lipinski definition) is 2. The number of halogens is 1. The zero-order valence-electron chi connectivity index (χ0n) is 12.1. The Hall–Kier alpha value is -2.00. The lowest BCUT2D eigenvalue weighted by molar-refractivity contribution is 0.299. The number of benzene rings is 2. The van der Waals surface area contributed by atoms with Crippen LogP contribution in [0.15, 0.2) is 42.5 Å². The average Bonchev–Trinajstić information content (AvgIpc) is 2.79. The molecule has 0 bridgehead atoms. The van der Waals surface area contributed by atoms with Crippen LogP contribution in [0, 0.1) is 13.8 Å². The number of aromatic nitrogens is 2. The van der Waals surface area contributed by atoms with Crippen LogP contribution in [0.25, 0.3) is 11.0 Å². The highest BCUT2D eigenvalue weighted by atomic mass is 35.5. The maximum atomic E-state index is 6.01. The minimum absolute atomic E-state index is 0.599. The number of hydrogen-bond donors (Lipinski definition) is 0. The van der Waals surface area contributed by atoms with Crippen LogP contribution in [0.2, 0.25) is 5.02 Å². The second-order valence-electron chi connectivity index (χ2n) is 5.06. The van der Waals surface area contributed by atoms with Gasteiger partial charge in [-0.1, -0.05) is 23.7 Å². The van der Waals surface area contributed by atoms with Crippen molar-refractivity contribution in [1.29, 1.82) is 0 Å². The van der Waals surface area contributed by atoms with Crippen LogP contribution in [-0.4, -0.2) is 16.2 Å². The first-order valence-electron chi connectivity index (χ1n) is 6.96. The van der Waals surface area contributed by atoms with Crippen molar-refractivity contribution in [2.75, 3.05) is 6.61 Å². The van der Waals surface area contributed by atoms with Crippen LogP contribution in [0.1, 0.15) is 11.4 Å². The maximum absolute atomic E-state index is 6.01. The third-order valence-electron chi connectivity index (χ3n) is 3.56. The van der Waals surface area contributed by atoms with Gasteiger partial charge in [0.1, 0.15) is 18.2 Å². The predicted molar refractivity (Wildman–Crippen MR) is 86.2 cm³/mol. The molecule has 108 valence electrons. The lowest BCUT2D eigenvalue weighted by Gasteiger charge is -2.10. The van der Waals surface area contributed by atoms with E-state index < -0.39 is 0 Å². The molecule has 3 nitrogen and oxygen atoms in total. The monoisotopic (exact) mass is 300 g/mol. The second kappa shape index (κ2) is 5.78.